The fourth-order valence-corrected chi connectivity index (χ4v) is 4.62. The van der Waals surface area contributed by atoms with Gasteiger partial charge in [0.15, 0.2) is 0 Å². The Morgan fingerprint density at radius 2 is 2.00 bits per heavy atom. The fraction of sp³-hybridized carbons (Fsp3) is 0.450. The highest BCUT2D eigenvalue weighted by Crippen LogP contribution is 2.49. The molecule has 2 bridgehead atoms. The van der Waals surface area contributed by atoms with Crippen LogP contribution in [0.1, 0.15) is 43.0 Å². The van der Waals surface area contributed by atoms with E-state index in [1.807, 2.05) is 53.4 Å². The summed E-state index contributed by atoms with van der Waals surface area (Å²) in [4.78, 5) is 12.6. The summed E-state index contributed by atoms with van der Waals surface area (Å²) < 4.78 is 2.02. The number of benzene rings is 1. The van der Waals surface area contributed by atoms with Crippen molar-refractivity contribution in [1.82, 2.24) is 9.88 Å². The zero-order chi connectivity index (χ0) is 15.8. The summed E-state index contributed by atoms with van der Waals surface area (Å²) >= 11 is 0. The van der Waals surface area contributed by atoms with E-state index in [0.717, 1.165) is 23.1 Å². The Bertz CT molecular complexity index is 691. The highest BCUT2D eigenvalue weighted by Gasteiger charge is 2.42. The molecule has 2 aliphatic rings. The Labute approximate surface area is 137 Å². The van der Waals surface area contributed by atoms with Gasteiger partial charge < -0.3 is 9.88 Å². The number of nitrogens with one attached hydrogen (secondary N) is 1. The SMILES string of the molecule is C[C@@H](NC(=O)c1cccc(-n2cccc2)c1)[C@@H]1C[C@H]2CC[C@H]1C2. The molecule has 0 spiro atoms. The molecule has 0 saturated heterocycles. The van der Waals surface area contributed by atoms with Crippen LogP contribution in [0, 0.1) is 17.8 Å². The van der Waals surface area contributed by atoms with Gasteiger partial charge in [-0.15, -0.1) is 0 Å². The summed E-state index contributed by atoms with van der Waals surface area (Å²) in [6.45, 7) is 2.18. The van der Waals surface area contributed by atoms with Crippen molar-refractivity contribution >= 4 is 5.91 Å². The highest BCUT2D eigenvalue weighted by atomic mass is 16.1. The van der Waals surface area contributed by atoms with Crippen molar-refractivity contribution in [2.75, 3.05) is 0 Å². The van der Waals surface area contributed by atoms with Crippen LogP contribution in [-0.4, -0.2) is 16.5 Å². The van der Waals surface area contributed by atoms with Crippen LogP contribution in [0.4, 0.5) is 0 Å². The van der Waals surface area contributed by atoms with Gasteiger partial charge in [-0.3, -0.25) is 4.79 Å². The molecule has 1 aromatic heterocycles. The normalized spacial score (nSPS) is 27.1. The smallest absolute Gasteiger partial charge is 0.251 e. The number of hydrogen-bond acceptors (Lipinski definition) is 1. The van der Waals surface area contributed by atoms with Crippen LogP contribution < -0.4 is 5.32 Å². The molecule has 0 unspecified atom stereocenters. The van der Waals surface area contributed by atoms with Crippen molar-refractivity contribution in [3.05, 3.63) is 54.4 Å². The second kappa shape index (κ2) is 5.88. The van der Waals surface area contributed by atoms with Crippen molar-refractivity contribution in [3.63, 3.8) is 0 Å². The first-order valence-electron chi connectivity index (χ1n) is 8.75. The molecule has 23 heavy (non-hydrogen) atoms. The second-order valence-corrected chi connectivity index (χ2v) is 7.24. The number of nitrogens with zero attached hydrogens (tertiary/aromatic N) is 1. The van der Waals surface area contributed by atoms with Crippen LogP contribution in [0.25, 0.3) is 5.69 Å². The van der Waals surface area contributed by atoms with E-state index in [9.17, 15) is 4.79 Å². The summed E-state index contributed by atoms with van der Waals surface area (Å²) in [7, 11) is 0. The number of carbonyl (C=O) groups excluding carboxylic acids is 1. The van der Waals surface area contributed by atoms with Gasteiger partial charge in [-0.25, -0.2) is 0 Å². The summed E-state index contributed by atoms with van der Waals surface area (Å²) in [6, 6.07) is 12.1. The first kappa shape index (κ1) is 14.6. The first-order chi connectivity index (χ1) is 11.2. The van der Waals surface area contributed by atoms with Crippen LogP contribution in [-0.2, 0) is 0 Å². The maximum Gasteiger partial charge on any atom is 0.251 e. The van der Waals surface area contributed by atoms with Gasteiger partial charge in [-0.1, -0.05) is 12.5 Å². The Morgan fingerprint density at radius 1 is 1.17 bits per heavy atom. The average Bonchev–Trinajstić information content (AvgIpc) is 3.32. The fourth-order valence-electron chi connectivity index (χ4n) is 4.62. The van der Waals surface area contributed by atoms with E-state index in [1.54, 1.807) is 0 Å². The van der Waals surface area contributed by atoms with Gasteiger partial charge in [0.25, 0.3) is 5.91 Å². The lowest BCUT2D eigenvalue weighted by molar-refractivity contribution is 0.0915. The third-order valence-electron chi connectivity index (χ3n) is 5.80. The Morgan fingerprint density at radius 3 is 2.70 bits per heavy atom. The van der Waals surface area contributed by atoms with Crippen molar-refractivity contribution in [2.24, 2.45) is 17.8 Å². The molecule has 1 amide bonds. The Balaban J connectivity index is 1.46. The van der Waals surface area contributed by atoms with Crippen molar-refractivity contribution in [3.8, 4) is 5.69 Å². The summed E-state index contributed by atoms with van der Waals surface area (Å²) in [5.74, 6) is 2.47. The third-order valence-corrected chi connectivity index (χ3v) is 5.80. The van der Waals surface area contributed by atoms with Gasteiger partial charge in [0, 0.05) is 29.7 Å². The zero-order valence-corrected chi connectivity index (χ0v) is 13.6. The van der Waals surface area contributed by atoms with Crippen LogP contribution >= 0.6 is 0 Å². The predicted molar refractivity (Wildman–Crippen MR) is 91.6 cm³/mol. The number of fused-ring (bicyclic) bond motifs is 2. The molecule has 2 aliphatic carbocycles. The van der Waals surface area contributed by atoms with Gasteiger partial charge in [0.1, 0.15) is 0 Å². The molecule has 1 N–H and O–H groups in total. The topological polar surface area (TPSA) is 34.0 Å². The minimum absolute atomic E-state index is 0.0503. The number of rotatable bonds is 4. The molecule has 2 fully saturated rings. The van der Waals surface area contributed by atoms with E-state index >= 15 is 0 Å². The maximum absolute atomic E-state index is 12.6. The van der Waals surface area contributed by atoms with E-state index in [0.29, 0.717) is 5.92 Å². The van der Waals surface area contributed by atoms with Gasteiger partial charge in [-0.2, -0.15) is 0 Å². The molecule has 2 aromatic rings. The van der Waals surface area contributed by atoms with E-state index in [-0.39, 0.29) is 11.9 Å². The lowest BCUT2D eigenvalue weighted by Gasteiger charge is -2.28. The summed E-state index contributed by atoms with van der Waals surface area (Å²) in [5.41, 5.74) is 1.77. The summed E-state index contributed by atoms with van der Waals surface area (Å²) in [5, 5.41) is 3.25. The van der Waals surface area contributed by atoms with Crippen molar-refractivity contribution in [2.45, 2.75) is 38.6 Å². The quantitative estimate of drug-likeness (QED) is 0.909. The molecular formula is C20H24N2O. The standard InChI is InChI=1S/C20H24N2O/c1-14(19-12-15-7-8-16(19)11-15)21-20(23)17-5-4-6-18(13-17)22-9-2-3-10-22/h2-6,9-10,13-16,19H,7-8,11-12H2,1H3,(H,21,23)/t14-,15+,16+,19+/m1/s1. The minimum Gasteiger partial charge on any atom is -0.349 e. The maximum atomic E-state index is 12.6. The van der Waals surface area contributed by atoms with E-state index in [2.05, 4.69) is 12.2 Å². The first-order valence-corrected chi connectivity index (χ1v) is 8.75. The van der Waals surface area contributed by atoms with Gasteiger partial charge in [0.05, 0.1) is 0 Å². The highest BCUT2D eigenvalue weighted by molar-refractivity contribution is 5.94. The largest absolute Gasteiger partial charge is 0.349 e. The average molecular weight is 308 g/mol. The Hall–Kier alpha value is -2.03. The van der Waals surface area contributed by atoms with Gasteiger partial charge >= 0.3 is 0 Å². The molecule has 2 saturated carbocycles. The molecule has 4 atom stereocenters. The summed E-state index contributed by atoms with van der Waals surface area (Å²) in [6.07, 6.45) is 9.44. The number of aromatic nitrogens is 1. The van der Waals surface area contributed by atoms with Crippen molar-refractivity contribution < 1.29 is 4.79 Å². The molecular weight excluding hydrogens is 284 g/mol. The number of hydrogen-bond donors (Lipinski definition) is 1. The van der Waals surface area contributed by atoms with Gasteiger partial charge in [0.2, 0.25) is 0 Å². The molecule has 1 heterocycles. The van der Waals surface area contributed by atoms with Crippen LogP contribution in [0.15, 0.2) is 48.8 Å². The molecule has 3 nitrogen and oxygen atoms in total. The Kier molecular flexibility index (Phi) is 3.72. The van der Waals surface area contributed by atoms with E-state index in [4.69, 9.17) is 0 Å². The predicted octanol–water partition coefficient (Wildman–Crippen LogP) is 4.03. The van der Waals surface area contributed by atoms with Crippen molar-refractivity contribution in [1.29, 1.82) is 0 Å². The van der Waals surface area contributed by atoms with Crippen LogP contribution in [0.3, 0.4) is 0 Å². The molecule has 3 heteroatoms. The van der Waals surface area contributed by atoms with E-state index < -0.39 is 0 Å². The number of amides is 1. The monoisotopic (exact) mass is 308 g/mol. The molecule has 4 rings (SSSR count). The molecule has 0 radical (unpaired) electrons. The zero-order valence-electron chi connectivity index (χ0n) is 13.6. The van der Waals surface area contributed by atoms with Gasteiger partial charge in [-0.05, 0) is 74.3 Å². The van der Waals surface area contributed by atoms with E-state index in [1.165, 1.54) is 25.7 Å². The number of carbonyl (C=O) groups is 1. The third kappa shape index (κ3) is 2.80. The second-order valence-electron chi connectivity index (χ2n) is 7.24. The molecule has 120 valence electrons. The van der Waals surface area contributed by atoms with Crippen LogP contribution in [0.2, 0.25) is 0 Å². The van der Waals surface area contributed by atoms with Crippen LogP contribution in [0.5, 0.6) is 0 Å². The minimum atomic E-state index is 0.0503. The lowest BCUT2D eigenvalue weighted by atomic mass is 9.84. The molecule has 0 aliphatic heterocycles. The molecule has 1 aromatic carbocycles. The lowest BCUT2D eigenvalue weighted by Crippen LogP contribution is -2.40.